The molecule has 0 bridgehead atoms. The van der Waals surface area contributed by atoms with Gasteiger partial charge in [-0.25, -0.2) is 10.2 Å². The number of anilines is 1. The monoisotopic (exact) mass is 534 g/mol. The highest BCUT2D eigenvalue weighted by molar-refractivity contribution is 6.41. The van der Waals surface area contributed by atoms with E-state index in [1.807, 2.05) is 10.7 Å². The van der Waals surface area contributed by atoms with Crippen LogP contribution in [-0.2, 0) is 15.8 Å². The van der Waals surface area contributed by atoms with Gasteiger partial charge in [0.25, 0.3) is 5.69 Å². The summed E-state index contributed by atoms with van der Waals surface area (Å²) in [6, 6.07) is 13.2. The van der Waals surface area contributed by atoms with Crippen LogP contribution in [0.2, 0.25) is 5.02 Å². The summed E-state index contributed by atoms with van der Waals surface area (Å²) in [5, 5.41) is 16.4. The summed E-state index contributed by atoms with van der Waals surface area (Å²) in [5.74, 6) is -3.77. The maximum absolute atomic E-state index is 12.9. The van der Waals surface area contributed by atoms with Crippen LogP contribution in [0.4, 0.5) is 24.5 Å². The Kier molecular flexibility index (Phi) is 8.19. The Morgan fingerprint density at radius 1 is 1.00 bits per heavy atom. The lowest BCUT2D eigenvalue weighted by Gasteiger charge is -2.11. The second-order valence-corrected chi connectivity index (χ2v) is 7.45. The van der Waals surface area contributed by atoms with Gasteiger partial charge in [-0.1, -0.05) is 35.9 Å². The Morgan fingerprint density at radius 3 is 2.38 bits per heavy atom. The Morgan fingerprint density at radius 2 is 1.68 bits per heavy atom. The number of alkyl halides is 3. The fraction of sp³-hybridized carbons (Fsp3) is 0.0435. The van der Waals surface area contributed by atoms with E-state index in [0.29, 0.717) is 12.1 Å². The first kappa shape index (κ1) is 26.8. The summed E-state index contributed by atoms with van der Waals surface area (Å²) < 4.78 is 43.8. The zero-order valence-electron chi connectivity index (χ0n) is 18.3. The standard InChI is InChI=1S/C23H14ClF3N4O6/c24-16-10-9-14(23(25,26)27)11-17(16)29-20(32)21(33)30-28-12-13-5-1-4-8-19(13)37-22(34)15-6-2-3-7-18(15)31(35)36/h1-12H,(H,29,32)(H,30,33)/b28-12+. The van der Waals surface area contributed by atoms with Gasteiger partial charge in [-0.2, -0.15) is 18.3 Å². The number of hydrogen-bond acceptors (Lipinski definition) is 7. The number of rotatable bonds is 6. The highest BCUT2D eigenvalue weighted by atomic mass is 35.5. The van der Waals surface area contributed by atoms with Gasteiger partial charge >= 0.3 is 24.0 Å². The molecular formula is C23H14ClF3N4O6. The number of carbonyl (C=O) groups is 3. The van der Waals surface area contributed by atoms with E-state index in [9.17, 15) is 37.7 Å². The SMILES string of the molecule is O=C(N/N=C/c1ccccc1OC(=O)c1ccccc1[N+](=O)[O-])C(=O)Nc1cc(C(F)(F)F)ccc1Cl. The predicted molar refractivity (Wildman–Crippen MR) is 125 cm³/mol. The number of esters is 1. The largest absolute Gasteiger partial charge is 0.422 e. The highest BCUT2D eigenvalue weighted by Gasteiger charge is 2.31. The van der Waals surface area contributed by atoms with Crippen LogP contribution in [-0.4, -0.2) is 28.9 Å². The van der Waals surface area contributed by atoms with Crippen molar-refractivity contribution in [3.63, 3.8) is 0 Å². The summed E-state index contributed by atoms with van der Waals surface area (Å²) in [5.41, 5.74) is -0.253. The average molecular weight is 535 g/mol. The van der Waals surface area contributed by atoms with Crippen molar-refractivity contribution in [2.45, 2.75) is 6.18 Å². The first-order chi connectivity index (χ1) is 17.5. The number of carbonyl (C=O) groups excluding carboxylic acids is 3. The quantitative estimate of drug-likeness (QED) is 0.118. The molecule has 0 aromatic heterocycles. The third kappa shape index (κ3) is 6.89. The van der Waals surface area contributed by atoms with Crippen LogP contribution in [0.1, 0.15) is 21.5 Å². The molecule has 2 N–H and O–H groups in total. The molecule has 0 unspecified atom stereocenters. The third-order valence-electron chi connectivity index (χ3n) is 4.56. The fourth-order valence-corrected chi connectivity index (χ4v) is 2.99. The molecule has 0 spiro atoms. The van der Waals surface area contributed by atoms with Gasteiger partial charge in [0, 0.05) is 11.6 Å². The lowest BCUT2D eigenvalue weighted by Crippen LogP contribution is -2.32. The van der Waals surface area contributed by atoms with Crippen molar-refractivity contribution in [2.75, 3.05) is 5.32 Å². The maximum atomic E-state index is 12.9. The number of benzene rings is 3. The molecule has 3 aromatic rings. The predicted octanol–water partition coefficient (Wildman–Crippen LogP) is 4.58. The van der Waals surface area contributed by atoms with E-state index in [4.69, 9.17) is 16.3 Å². The van der Waals surface area contributed by atoms with Crippen molar-refractivity contribution in [2.24, 2.45) is 5.10 Å². The van der Waals surface area contributed by atoms with Gasteiger partial charge in [-0.3, -0.25) is 19.7 Å². The van der Waals surface area contributed by atoms with Gasteiger partial charge in [-0.15, -0.1) is 0 Å². The van der Waals surface area contributed by atoms with Crippen LogP contribution in [0.3, 0.4) is 0 Å². The molecule has 0 aliphatic carbocycles. The van der Waals surface area contributed by atoms with E-state index in [1.165, 1.54) is 42.5 Å². The van der Waals surface area contributed by atoms with Gasteiger partial charge in [0.1, 0.15) is 11.3 Å². The molecule has 14 heteroatoms. The van der Waals surface area contributed by atoms with Crippen LogP contribution in [0.25, 0.3) is 0 Å². The second-order valence-electron chi connectivity index (χ2n) is 7.05. The molecule has 190 valence electrons. The number of nitro groups is 1. The molecule has 0 aliphatic heterocycles. The number of nitrogens with zero attached hydrogens (tertiary/aromatic N) is 2. The van der Waals surface area contributed by atoms with Crippen molar-refractivity contribution in [3.05, 3.63) is 98.6 Å². The van der Waals surface area contributed by atoms with E-state index in [-0.39, 0.29) is 21.9 Å². The van der Waals surface area contributed by atoms with Crippen LogP contribution in [0.5, 0.6) is 5.75 Å². The summed E-state index contributed by atoms with van der Waals surface area (Å²) in [6.07, 6.45) is -3.68. The Bertz CT molecular complexity index is 1410. The number of hydrazone groups is 1. The van der Waals surface area contributed by atoms with Gasteiger partial charge in [0.05, 0.1) is 27.4 Å². The van der Waals surface area contributed by atoms with Crippen molar-refractivity contribution >= 4 is 47.0 Å². The molecule has 3 rings (SSSR count). The molecule has 10 nitrogen and oxygen atoms in total. The van der Waals surface area contributed by atoms with Crippen LogP contribution in [0, 0.1) is 10.1 Å². The average Bonchev–Trinajstić information content (AvgIpc) is 2.85. The van der Waals surface area contributed by atoms with Crippen LogP contribution < -0.4 is 15.5 Å². The first-order valence-corrected chi connectivity index (χ1v) is 10.4. The van der Waals surface area contributed by atoms with Crippen molar-refractivity contribution < 1.29 is 37.2 Å². The number of ether oxygens (including phenoxy) is 1. The number of para-hydroxylation sites is 2. The molecule has 0 saturated heterocycles. The molecule has 0 fully saturated rings. The zero-order valence-corrected chi connectivity index (χ0v) is 19.0. The van der Waals surface area contributed by atoms with E-state index in [1.54, 1.807) is 0 Å². The minimum Gasteiger partial charge on any atom is -0.422 e. The maximum Gasteiger partial charge on any atom is 0.416 e. The Labute approximate surface area is 210 Å². The molecule has 0 aliphatic rings. The molecule has 0 heterocycles. The van der Waals surface area contributed by atoms with Crippen LogP contribution in [0.15, 0.2) is 71.8 Å². The first-order valence-electron chi connectivity index (χ1n) is 10.0. The molecular weight excluding hydrogens is 521 g/mol. The molecule has 0 saturated carbocycles. The highest BCUT2D eigenvalue weighted by Crippen LogP contribution is 2.33. The lowest BCUT2D eigenvalue weighted by molar-refractivity contribution is -0.385. The van der Waals surface area contributed by atoms with Gasteiger partial charge in [-0.05, 0) is 36.4 Å². The van der Waals surface area contributed by atoms with E-state index < -0.39 is 45.8 Å². The number of nitro benzene ring substituents is 1. The summed E-state index contributed by atoms with van der Waals surface area (Å²) >= 11 is 5.79. The number of nitrogens with one attached hydrogen (secondary N) is 2. The van der Waals surface area contributed by atoms with E-state index in [0.717, 1.165) is 18.3 Å². The smallest absolute Gasteiger partial charge is 0.416 e. The molecule has 2 amide bonds. The normalized spacial score (nSPS) is 11.1. The molecule has 3 aromatic carbocycles. The Hall–Kier alpha value is -4.78. The second kappa shape index (κ2) is 11.3. The minimum absolute atomic E-state index is 0.0659. The Balaban J connectivity index is 1.68. The van der Waals surface area contributed by atoms with Crippen molar-refractivity contribution in [3.8, 4) is 5.75 Å². The summed E-state index contributed by atoms with van der Waals surface area (Å²) in [4.78, 5) is 47.0. The lowest BCUT2D eigenvalue weighted by atomic mass is 10.2. The number of halogens is 4. The summed E-state index contributed by atoms with van der Waals surface area (Å²) in [6.45, 7) is 0. The number of hydrogen-bond donors (Lipinski definition) is 2. The van der Waals surface area contributed by atoms with Crippen LogP contribution >= 0.6 is 11.6 Å². The van der Waals surface area contributed by atoms with E-state index in [2.05, 4.69) is 5.10 Å². The summed E-state index contributed by atoms with van der Waals surface area (Å²) in [7, 11) is 0. The van der Waals surface area contributed by atoms with Crippen molar-refractivity contribution in [1.29, 1.82) is 0 Å². The number of amides is 2. The minimum atomic E-state index is -4.70. The molecule has 37 heavy (non-hydrogen) atoms. The van der Waals surface area contributed by atoms with Gasteiger partial charge in [0.2, 0.25) is 0 Å². The molecule has 0 radical (unpaired) electrons. The van der Waals surface area contributed by atoms with E-state index >= 15 is 0 Å². The topological polar surface area (TPSA) is 140 Å². The molecule has 0 atom stereocenters. The van der Waals surface area contributed by atoms with Gasteiger partial charge in [0.15, 0.2) is 0 Å². The fourth-order valence-electron chi connectivity index (χ4n) is 2.83. The zero-order chi connectivity index (χ0) is 27.2. The van der Waals surface area contributed by atoms with Crippen molar-refractivity contribution in [1.82, 2.24) is 5.43 Å². The van der Waals surface area contributed by atoms with Gasteiger partial charge < -0.3 is 10.1 Å². The third-order valence-corrected chi connectivity index (χ3v) is 4.89.